The molecule has 0 saturated carbocycles. The summed E-state index contributed by atoms with van der Waals surface area (Å²) >= 11 is 0. The molecule has 0 radical (unpaired) electrons. The number of hydrogen-bond donors (Lipinski definition) is 0. The molecule has 1 aromatic heterocycles. The van der Waals surface area contributed by atoms with Crippen LogP contribution in [-0.2, 0) is 31.3 Å². The molecular weight excluding hydrogens is 316 g/mol. The Balaban J connectivity index is 1.91. The summed E-state index contributed by atoms with van der Waals surface area (Å²) in [6.07, 6.45) is 5.64. The number of rotatable bonds is 8. The highest BCUT2D eigenvalue weighted by Gasteiger charge is 2.05. The van der Waals surface area contributed by atoms with E-state index in [0.29, 0.717) is 0 Å². The maximum atomic E-state index is 10.7. The molecule has 0 unspecified atom stereocenters. The van der Waals surface area contributed by atoms with E-state index in [1.807, 2.05) is 26.0 Å². The first kappa shape index (κ1) is 17.5. The first-order valence-corrected chi connectivity index (χ1v) is 6.88. The highest BCUT2D eigenvalue weighted by Crippen LogP contribution is 2.16. The lowest BCUT2D eigenvalue weighted by atomic mass is 10.0. The Morgan fingerprint density at radius 1 is 1.25 bits per heavy atom. The minimum atomic E-state index is -0.789. The average Bonchev–Trinajstić information content (AvgIpc) is 3.09. The van der Waals surface area contributed by atoms with Crippen LogP contribution in [0.1, 0.15) is 22.3 Å². The van der Waals surface area contributed by atoms with Gasteiger partial charge in [-0.15, -0.1) is 10.2 Å². The third-order valence-corrected chi connectivity index (χ3v) is 3.03. The van der Waals surface area contributed by atoms with Gasteiger partial charge in [0.1, 0.15) is 19.3 Å². The van der Waals surface area contributed by atoms with Crippen molar-refractivity contribution in [3.63, 3.8) is 0 Å². The lowest BCUT2D eigenvalue weighted by Crippen LogP contribution is -2.04. The summed E-state index contributed by atoms with van der Waals surface area (Å²) in [6.45, 7) is 7.18. The monoisotopic (exact) mass is 332 g/mol. The van der Waals surface area contributed by atoms with Crippen LogP contribution in [0.25, 0.3) is 0 Å². The molecule has 126 valence electrons. The van der Waals surface area contributed by atoms with E-state index in [0.717, 1.165) is 28.3 Å². The van der Waals surface area contributed by atoms with Gasteiger partial charge in [0, 0.05) is 11.1 Å². The van der Waals surface area contributed by atoms with E-state index in [-0.39, 0.29) is 6.61 Å². The fraction of sp³-hybridized carbons (Fsp3) is 0.200. The number of nitrogens with zero attached hydrogens (tertiary/aromatic N) is 4. The first-order chi connectivity index (χ1) is 11.6. The summed E-state index contributed by atoms with van der Waals surface area (Å²) in [4.78, 5) is 19.7. The second kappa shape index (κ2) is 8.67. The van der Waals surface area contributed by atoms with Gasteiger partial charge in [0.15, 0.2) is 0 Å². The van der Waals surface area contributed by atoms with Gasteiger partial charge in [-0.05, 0) is 47.2 Å². The molecule has 0 saturated heterocycles. The van der Waals surface area contributed by atoms with Crippen LogP contribution in [0.5, 0.6) is 0 Å². The van der Waals surface area contributed by atoms with Crippen LogP contribution in [0, 0.1) is 13.8 Å². The molecule has 0 fully saturated rings. The van der Waals surface area contributed by atoms with Crippen LogP contribution in [0.2, 0.25) is 0 Å². The van der Waals surface area contributed by atoms with Crippen molar-refractivity contribution in [2.75, 3.05) is 0 Å². The number of aromatic nitrogens is 3. The van der Waals surface area contributed by atoms with Gasteiger partial charge in [-0.1, -0.05) is 12.6 Å². The molecule has 0 N–H and O–H groups in total. The van der Waals surface area contributed by atoms with Gasteiger partial charge < -0.3 is 0 Å². The predicted octanol–water partition coefficient (Wildman–Crippen LogP) is 1.80. The van der Waals surface area contributed by atoms with Crippen LogP contribution < -0.4 is 0 Å². The third kappa shape index (κ3) is 5.09. The molecule has 0 aliphatic carbocycles. The molecule has 0 atom stereocenters. The number of hydrogen-bond acceptors (Lipinski definition) is 8. The fourth-order valence-electron chi connectivity index (χ4n) is 1.77. The molecule has 0 spiro atoms. The lowest BCUT2D eigenvalue weighted by Gasteiger charge is -2.09. The molecule has 1 heterocycles. The molecular formula is C15H16N4O5. The Kier molecular flexibility index (Phi) is 6.32. The highest BCUT2D eigenvalue weighted by molar-refractivity contribution is 5.82. The van der Waals surface area contributed by atoms with Crippen LogP contribution in [-0.4, -0.2) is 27.1 Å². The fourth-order valence-corrected chi connectivity index (χ4v) is 1.77. The van der Waals surface area contributed by atoms with Gasteiger partial charge >= 0.3 is 5.97 Å². The molecule has 1 aromatic carbocycles. The largest absolute Gasteiger partial charge is 0.368 e. The molecule has 0 bridgehead atoms. The van der Waals surface area contributed by atoms with E-state index >= 15 is 0 Å². The van der Waals surface area contributed by atoms with E-state index in [1.165, 1.54) is 17.3 Å². The Labute approximate surface area is 137 Å². The summed E-state index contributed by atoms with van der Waals surface area (Å²) in [5.74, 6) is -0.789. The van der Waals surface area contributed by atoms with E-state index in [4.69, 9.17) is 4.89 Å². The molecule has 0 amide bonds. The highest BCUT2D eigenvalue weighted by atomic mass is 17.7. The number of aryl methyl sites for hydroxylation is 2. The Morgan fingerprint density at radius 3 is 2.71 bits per heavy atom. The Morgan fingerprint density at radius 2 is 2.00 bits per heavy atom. The SMILES string of the molecule is C=CC(=O)OOOOCc1cc(C)c(/C=N/n2cnnc2)cc1C. The van der Waals surface area contributed by atoms with Crippen molar-refractivity contribution in [1.29, 1.82) is 0 Å². The van der Waals surface area contributed by atoms with Crippen LogP contribution >= 0.6 is 0 Å². The zero-order chi connectivity index (χ0) is 17.4. The maximum Gasteiger partial charge on any atom is 0.368 e. The van der Waals surface area contributed by atoms with Crippen molar-refractivity contribution in [1.82, 2.24) is 14.9 Å². The van der Waals surface area contributed by atoms with Gasteiger partial charge in [0.05, 0.1) is 6.21 Å². The van der Waals surface area contributed by atoms with Gasteiger partial charge in [0.25, 0.3) is 0 Å². The van der Waals surface area contributed by atoms with E-state index < -0.39 is 5.97 Å². The van der Waals surface area contributed by atoms with Crippen LogP contribution in [0.4, 0.5) is 0 Å². The minimum absolute atomic E-state index is 0.112. The Bertz CT molecular complexity index is 728. The quantitative estimate of drug-likeness (QED) is 0.239. The topological polar surface area (TPSA) is 97.1 Å². The molecule has 2 aromatic rings. The maximum absolute atomic E-state index is 10.7. The minimum Gasteiger partial charge on any atom is -0.262 e. The molecule has 9 nitrogen and oxygen atoms in total. The zero-order valence-electron chi connectivity index (χ0n) is 13.2. The van der Waals surface area contributed by atoms with Crippen molar-refractivity contribution in [2.24, 2.45) is 5.10 Å². The van der Waals surface area contributed by atoms with E-state index in [2.05, 4.69) is 36.8 Å². The second-order valence-electron chi connectivity index (χ2n) is 4.73. The van der Waals surface area contributed by atoms with Crippen molar-refractivity contribution in [3.05, 3.63) is 59.7 Å². The summed E-state index contributed by atoms with van der Waals surface area (Å²) in [7, 11) is 0. The predicted molar refractivity (Wildman–Crippen MR) is 82.2 cm³/mol. The van der Waals surface area contributed by atoms with E-state index in [9.17, 15) is 4.79 Å². The molecule has 0 aliphatic heterocycles. The van der Waals surface area contributed by atoms with Crippen molar-refractivity contribution >= 4 is 12.2 Å². The first-order valence-electron chi connectivity index (χ1n) is 6.88. The molecule has 0 aliphatic rings. The third-order valence-electron chi connectivity index (χ3n) is 3.03. The number of benzene rings is 1. The summed E-state index contributed by atoms with van der Waals surface area (Å²) in [5, 5.41) is 20.0. The summed E-state index contributed by atoms with van der Waals surface area (Å²) < 4.78 is 1.50. The van der Waals surface area contributed by atoms with Gasteiger partial charge in [-0.25, -0.2) is 9.47 Å². The van der Waals surface area contributed by atoms with Gasteiger partial charge in [0.2, 0.25) is 0 Å². The standard InChI is InChI=1S/C15H16N4O5/c1-4-15(20)22-24-23-21-8-14-6-11(2)13(5-12(14)3)7-18-19-9-16-17-10-19/h4-7,9-10H,1,8H2,2-3H3/b18-7+. The van der Waals surface area contributed by atoms with Crippen molar-refractivity contribution in [3.8, 4) is 0 Å². The summed E-state index contributed by atoms with van der Waals surface area (Å²) in [5.41, 5.74) is 3.79. The molecule has 9 heteroatoms. The van der Waals surface area contributed by atoms with Gasteiger partial charge in [-0.2, -0.15) is 9.99 Å². The smallest absolute Gasteiger partial charge is 0.262 e. The van der Waals surface area contributed by atoms with Crippen LogP contribution in [0.3, 0.4) is 0 Å². The zero-order valence-corrected chi connectivity index (χ0v) is 13.2. The van der Waals surface area contributed by atoms with E-state index in [1.54, 1.807) is 6.21 Å². The van der Waals surface area contributed by atoms with Crippen molar-refractivity contribution in [2.45, 2.75) is 20.5 Å². The second-order valence-corrected chi connectivity index (χ2v) is 4.73. The normalized spacial score (nSPS) is 10.9. The lowest BCUT2D eigenvalue weighted by molar-refractivity contribution is -0.620. The number of carbonyl (C=O) groups excluding carboxylic acids is 1. The molecule has 2 rings (SSSR count). The van der Waals surface area contributed by atoms with Crippen LogP contribution in [0.15, 0.2) is 42.5 Å². The number of carbonyl (C=O) groups is 1. The van der Waals surface area contributed by atoms with Gasteiger partial charge in [-0.3, -0.25) is 4.89 Å². The average molecular weight is 332 g/mol. The Hall–Kier alpha value is -2.88. The van der Waals surface area contributed by atoms with Crippen molar-refractivity contribution < 1.29 is 24.6 Å². The summed E-state index contributed by atoms with van der Waals surface area (Å²) in [6, 6.07) is 3.89. The molecule has 24 heavy (non-hydrogen) atoms.